The molecule has 0 aliphatic rings. The number of carboxylic acid groups (broad SMARTS) is 1. The van der Waals surface area contributed by atoms with Gasteiger partial charge in [0, 0.05) is 24.4 Å². The summed E-state index contributed by atoms with van der Waals surface area (Å²) in [5, 5.41) is 13.6. The first-order valence-corrected chi connectivity index (χ1v) is 10.5. The minimum atomic E-state index is -1.35. The van der Waals surface area contributed by atoms with Gasteiger partial charge in [-0.3, -0.25) is 9.78 Å². The topological polar surface area (TPSA) is 104 Å². The minimum Gasteiger partial charge on any atom is -0.480 e. The van der Waals surface area contributed by atoms with Crippen molar-refractivity contribution in [1.82, 2.24) is 9.97 Å². The van der Waals surface area contributed by atoms with E-state index in [-0.39, 0.29) is 27.7 Å². The van der Waals surface area contributed by atoms with E-state index in [9.17, 15) is 23.5 Å². The standard InChI is InChI=1S/C20H12Cl4F2N4O3/c21-10-6-27-7-11(22)15(10)29-19(31)9-3-1-8(2-4-9)5-12(20(32)33)28-16-13(23)17(25)30-18(26)14(16)24/h1-4,6-7,12H,5H2,(H,28,30)(H,32,33)(H,27,29,31). The molecule has 3 rings (SSSR count). The summed E-state index contributed by atoms with van der Waals surface area (Å²) in [6.45, 7) is 0. The molecule has 1 amide bonds. The summed E-state index contributed by atoms with van der Waals surface area (Å²) in [5.41, 5.74) is 0.501. The number of anilines is 2. The van der Waals surface area contributed by atoms with Crippen molar-refractivity contribution in [1.29, 1.82) is 0 Å². The molecule has 3 aromatic rings. The quantitative estimate of drug-likeness (QED) is 0.334. The first kappa shape index (κ1) is 24.9. The number of nitrogens with zero attached hydrogens (tertiary/aromatic N) is 2. The van der Waals surface area contributed by atoms with Gasteiger partial charge in [-0.15, -0.1) is 0 Å². The van der Waals surface area contributed by atoms with Gasteiger partial charge in [0.2, 0.25) is 11.9 Å². The van der Waals surface area contributed by atoms with Crippen molar-refractivity contribution in [3.63, 3.8) is 0 Å². The van der Waals surface area contributed by atoms with E-state index in [1.54, 1.807) is 0 Å². The van der Waals surface area contributed by atoms with Gasteiger partial charge in [-0.1, -0.05) is 58.5 Å². The minimum absolute atomic E-state index is 0.128. The Balaban J connectivity index is 1.76. The average Bonchev–Trinajstić information content (AvgIpc) is 2.77. The second-order valence-electron chi connectivity index (χ2n) is 6.56. The Morgan fingerprint density at radius 1 is 0.939 bits per heavy atom. The van der Waals surface area contributed by atoms with Crippen LogP contribution in [0.25, 0.3) is 0 Å². The third-order valence-corrected chi connectivity index (χ3v) is 5.63. The Morgan fingerprint density at radius 2 is 1.48 bits per heavy atom. The molecule has 0 bridgehead atoms. The number of benzene rings is 1. The summed E-state index contributed by atoms with van der Waals surface area (Å²) in [6.07, 6.45) is 2.52. The van der Waals surface area contributed by atoms with Crippen LogP contribution < -0.4 is 10.6 Å². The molecule has 1 aromatic carbocycles. The van der Waals surface area contributed by atoms with Crippen LogP contribution in [0.3, 0.4) is 0 Å². The molecule has 1 atom stereocenters. The van der Waals surface area contributed by atoms with Gasteiger partial charge >= 0.3 is 5.97 Å². The van der Waals surface area contributed by atoms with Crippen molar-refractivity contribution < 1.29 is 23.5 Å². The highest BCUT2D eigenvalue weighted by molar-refractivity contribution is 6.40. The second-order valence-corrected chi connectivity index (χ2v) is 8.14. The largest absolute Gasteiger partial charge is 0.480 e. The van der Waals surface area contributed by atoms with Crippen molar-refractivity contribution in [2.45, 2.75) is 12.5 Å². The van der Waals surface area contributed by atoms with Crippen LogP contribution >= 0.6 is 46.4 Å². The van der Waals surface area contributed by atoms with Crippen LogP contribution in [0.2, 0.25) is 20.1 Å². The van der Waals surface area contributed by atoms with E-state index in [4.69, 9.17) is 46.4 Å². The highest BCUT2D eigenvalue weighted by Crippen LogP contribution is 2.34. The lowest BCUT2D eigenvalue weighted by Gasteiger charge is -2.18. The van der Waals surface area contributed by atoms with E-state index in [1.165, 1.54) is 36.7 Å². The molecule has 0 saturated heterocycles. The second kappa shape index (κ2) is 10.5. The van der Waals surface area contributed by atoms with Gasteiger partial charge in [0.05, 0.1) is 21.4 Å². The summed E-state index contributed by atoms with van der Waals surface area (Å²) in [5.74, 6) is -4.51. The molecular formula is C20H12Cl4F2N4O3. The Morgan fingerprint density at radius 3 is 2.00 bits per heavy atom. The summed E-state index contributed by atoms with van der Waals surface area (Å²) in [7, 11) is 0. The molecule has 0 spiro atoms. The third-order valence-electron chi connectivity index (χ3n) is 4.36. The first-order chi connectivity index (χ1) is 15.6. The third kappa shape index (κ3) is 5.80. The molecule has 172 valence electrons. The average molecular weight is 536 g/mol. The number of nitrogens with one attached hydrogen (secondary N) is 2. The molecule has 3 N–H and O–H groups in total. The maximum atomic E-state index is 13.6. The normalized spacial score (nSPS) is 11.7. The molecule has 0 saturated carbocycles. The number of aromatic nitrogens is 2. The Kier molecular flexibility index (Phi) is 7.91. The van der Waals surface area contributed by atoms with Crippen LogP contribution in [0, 0.1) is 11.9 Å². The van der Waals surface area contributed by atoms with Gasteiger partial charge in [0.1, 0.15) is 16.1 Å². The monoisotopic (exact) mass is 534 g/mol. The number of hydrogen-bond acceptors (Lipinski definition) is 5. The Hall–Kier alpha value is -2.72. The van der Waals surface area contributed by atoms with E-state index in [0.29, 0.717) is 5.56 Å². The van der Waals surface area contributed by atoms with Crippen LogP contribution in [0.4, 0.5) is 20.2 Å². The maximum absolute atomic E-state index is 13.6. The molecule has 7 nitrogen and oxygen atoms in total. The lowest BCUT2D eigenvalue weighted by molar-refractivity contribution is -0.137. The summed E-state index contributed by atoms with van der Waals surface area (Å²) >= 11 is 23.5. The first-order valence-electron chi connectivity index (χ1n) is 8.97. The fourth-order valence-electron chi connectivity index (χ4n) is 2.73. The van der Waals surface area contributed by atoms with Gasteiger partial charge in [-0.25, -0.2) is 4.79 Å². The molecule has 33 heavy (non-hydrogen) atoms. The van der Waals surface area contributed by atoms with Crippen molar-refractivity contribution >= 4 is 69.7 Å². The lowest BCUT2D eigenvalue weighted by atomic mass is 10.0. The van der Waals surface area contributed by atoms with Crippen molar-refractivity contribution in [2.24, 2.45) is 0 Å². The highest BCUT2D eigenvalue weighted by atomic mass is 35.5. The van der Waals surface area contributed by atoms with Gasteiger partial charge in [-0.05, 0) is 17.7 Å². The summed E-state index contributed by atoms with van der Waals surface area (Å²) in [4.78, 5) is 30.9. The fourth-order valence-corrected chi connectivity index (χ4v) is 3.62. The highest BCUT2D eigenvalue weighted by Gasteiger charge is 2.24. The lowest BCUT2D eigenvalue weighted by Crippen LogP contribution is -2.32. The van der Waals surface area contributed by atoms with E-state index >= 15 is 0 Å². The number of carboxylic acids is 1. The number of pyridine rings is 2. The number of amides is 1. The fraction of sp³-hybridized carbons (Fsp3) is 0.100. The SMILES string of the molecule is O=C(Nc1c(Cl)cncc1Cl)c1ccc(CC(Nc2c(Cl)c(F)nc(F)c2Cl)C(=O)O)cc1. The van der Waals surface area contributed by atoms with E-state index < -0.39 is 45.5 Å². The van der Waals surface area contributed by atoms with Crippen LogP contribution in [0.1, 0.15) is 15.9 Å². The van der Waals surface area contributed by atoms with Crippen LogP contribution in [-0.4, -0.2) is 33.0 Å². The van der Waals surface area contributed by atoms with Gasteiger partial charge < -0.3 is 15.7 Å². The zero-order chi connectivity index (χ0) is 24.3. The number of carbonyl (C=O) groups is 2. The van der Waals surface area contributed by atoms with Gasteiger partial charge in [0.25, 0.3) is 5.91 Å². The number of halogens is 6. The maximum Gasteiger partial charge on any atom is 0.326 e. The molecule has 1 unspecified atom stereocenters. The Bertz CT molecular complexity index is 1180. The van der Waals surface area contributed by atoms with Crippen LogP contribution in [-0.2, 0) is 11.2 Å². The molecule has 13 heteroatoms. The zero-order valence-corrected chi connectivity index (χ0v) is 19.2. The molecule has 2 aromatic heterocycles. The van der Waals surface area contributed by atoms with E-state index in [1.807, 2.05) is 0 Å². The molecular weight excluding hydrogens is 524 g/mol. The number of carbonyl (C=O) groups excluding carboxylic acids is 1. The predicted molar refractivity (Wildman–Crippen MR) is 122 cm³/mol. The predicted octanol–water partition coefficient (Wildman–Crippen LogP) is 5.73. The molecule has 0 aliphatic heterocycles. The van der Waals surface area contributed by atoms with Crippen molar-refractivity contribution in [3.05, 3.63) is 79.8 Å². The van der Waals surface area contributed by atoms with Gasteiger partial charge in [-0.2, -0.15) is 13.8 Å². The summed E-state index contributed by atoms with van der Waals surface area (Å²) in [6, 6.07) is 4.59. The zero-order valence-electron chi connectivity index (χ0n) is 16.2. The van der Waals surface area contributed by atoms with E-state index in [2.05, 4.69) is 20.6 Å². The number of aliphatic carboxylic acids is 1. The smallest absolute Gasteiger partial charge is 0.326 e. The summed E-state index contributed by atoms with van der Waals surface area (Å²) < 4.78 is 27.3. The van der Waals surface area contributed by atoms with Crippen LogP contribution in [0.5, 0.6) is 0 Å². The van der Waals surface area contributed by atoms with Gasteiger partial charge in [0.15, 0.2) is 0 Å². The van der Waals surface area contributed by atoms with Crippen molar-refractivity contribution in [3.8, 4) is 0 Å². The molecule has 0 radical (unpaired) electrons. The van der Waals surface area contributed by atoms with Crippen molar-refractivity contribution in [2.75, 3.05) is 10.6 Å². The molecule has 2 heterocycles. The molecule has 0 fully saturated rings. The number of hydrogen-bond donors (Lipinski definition) is 3. The Labute approximate surface area is 205 Å². The van der Waals surface area contributed by atoms with Crippen LogP contribution in [0.15, 0.2) is 36.7 Å². The number of rotatable bonds is 7. The molecule has 0 aliphatic carbocycles. The van der Waals surface area contributed by atoms with E-state index in [0.717, 1.165) is 0 Å².